The van der Waals surface area contributed by atoms with Crippen LogP contribution in [-0.2, 0) is 13.1 Å². The standard InChI is InChI=1S/C18H18N4O/c1-14-19-9-10-22(14)13-16-6-4-5-15(11-16)12-21-18(23)17-7-2-3-8-20-17/h2-11H,12-13H2,1H3,(H,21,23). The number of benzene rings is 1. The van der Waals surface area contributed by atoms with Crippen LogP contribution in [0.5, 0.6) is 0 Å². The van der Waals surface area contributed by atoms with Gasteiger partial charge in [-0.1, -0.05) is 30.3 Å². The Labute approximate surface area is 135 Å². The van der Waals surface area contributed by atoms with Crippen molar-refractivity contribution in [2.75, 3.05) is 0 Å². The number of hydrogen-bond acceptors (Lipinski definition) is 3. The van der Waals surface area contributed by atoms with Crippen molar-refractivity contribution in [2.45, 2.75) is 20.0 Å². The van der Waals surface area contributed by atoms with Crippen molar-refractivity contribution in [1.29, 1.82) is 0 Å². The predicted molar refractivity (Wildman–Crippen MR) is 87.9 cm³/mol. The summed E-state index contributed by atoms with van der Waals surface area (Å²) in [5, 5.41) is 2.89. The van der Waals surface area contributed by atoms with Gasteiger partial charge in [0.25, 0.3) is 5.91 Å². The molecular formula is C18H18N4O. The number of nitrogens with one attached hydrogen (secondary N) is 1. The molecule has 0 unspecified atom stereocenters. The molecule has 5 heteroatoms. The van der Waals surface area contributed by atoms with Gasteiger partial charge in [0.1, 0.15) is 11.5 Å². The van der Waals surface area contributed by atoms with Crippen LogP contribution in [0.25, 0.3) is 0 Å². The first kappa shape index (κ1) is 15.0. The third kappa shape index (κ3) is 3.83. The van der Waals surface area contributed by atoms with Crippen molar-refractivity contribution >= 4 is 5.91 Å². The normalized spacial score (nSPS) is 10.5. The van der Waals surface area contributed by atoms with Gasteiger partial charge in [-0.25, -0.2) is 4.98 Å². The first-order valence-electron chi connectivity index (χ1n) is 7.47. The molecule has 0 aliphatic carbocycles. The molecule has 0 fully saturated rings. The fourth-order valence-electron chi connectivity index (χ4n) is 2.38. The zero-order valence-electron chi connectivity index (χ0n) is 12.9. The molecule has 2 heterocycles. The van der Waals surface area contributed by atoms with E-state index in [4.69, 9.17) is 0 Å². The highest BCUT2D eigenvalue weighted by Crippen LogP contribution is 2.09. The van der Waals surface area contributed by atoms with E-state index >= 15 is 0 Å². The number of aryl methyl sites for hydroxylation is 1. The Morgan fingerprint density at radius 2 is 1.96 bits per heavy atom. The van der Waals surface area contributed by atoms with Crippen LogP contribution in [0.15, 0.2) is 61.1 Å². The molecule has 1 amide bonds. The number of hydrogen-bond donors (Lipinski definition) is 1. The minimum Gasteiger partial charge on any atom is -0.347 e. The summed E-state index contributed by atoms with van der Waals surface area (Å²) in [6.07, 6.45) is 5.38. The third-order valence-corrected chi connectivity index (χ3v) is 3.62. The van der Waals surface area contributed by atoms with E-state index in [9.17, 15) is 4.79 Å². The maximum Gasteiger partial charge on any atom is 0.270 e. The number of amides is 1. The highest BCUT2D eigenvalue weighted by molar-refractivity contribution is 5.92. The van der Waals surface area contributed by atoms with Gasteiger partial charge in [0.2, 0.25) is 0 Å². The molecule has 0 saturated heterocycles. The minimum atomic E-state index is -0.165. The van der Waals surface area contributed by atoms with Gasteiger partial charge in [-0.05, 0) is 30.2 Å². The van der Waals surface area contributed by atoms with Crippen LogP contribution in [0.4, 0.5) is 0 Å². The average molecular weight is 306 g/mol. The summed E-state index contributed by atoms with van der Waals surface area (Å²) in [6, 6.07) is 13.5. The van der Waals surface area contributed by atoms with Gasteiger partial charge in [0.15, 0.2) is 0 Å². The molecule has 23 heavy (non-hydrogen) atoms. The predicted octanol–water partition coefficient (Wildman–Crippen LogP) is 2.56. The summed E-state index contributed by atoms with van der Waals surface area (Å²) < 4.78 is 2.09. The van der Waals surface area contributed by atoms with Crippen LogP contribution in [0, 0.1) is 6.92 Å². The van der Waals surface area contributed by atoms with Gasteiger partial charge >= 0.3 is 0 Å². The minimum absolute atomic E-state index is 0.165. The van der Waals surface area contributed by atoms with E-state index in [-0.39, 0.29) is 5.91 Å². The number of imidazole rings is 1. The van der Waals surface area contributed by atoms with Gasteiger partial charge in [-0.15, -0.1) is 0 Å². The fraction of sp³-hybridized carbons (Fsp3) is 0.167. The molecule has 0 aliphatic heterocycles. The number of rotatable bonds is 5. The monoisotopic (exact) mass is 306 g/mol. The molecule has 0 bridgehead atoms. The molecule has 0 radical (unpaired) electrons. The first-order valence-corrected chi connectivity index (χ1v) is 7.47. The lowest BCUT2D eigenvalue weighted by Crippen LogP contribution is -2.23. The summed E-state index contributed by atoms with van der Waals surface area (Å²) in [5.74, 6) is 0.820. The number of carbonyl (C=O) groups excluding carboxylic acids is 1. The molecule has 0 aliphatic rings. The van der Waals surface area contributed by atoms with Crippen LogP contribution >= 0.6 is 0 Å². The van der Waals surface area contributed by atoms with Gasteiger partial charge < -0.3 is 9.88 Å². The lowest BCUT2D eigenvalue weighted by atomic mass is 10.1. The van der Waals surface area contributed by atoms with Crippen LogP contribution < -0.4 is 5.32 Å². The lowest BCUT2D eigenvalue weighted by molar-refractivity contribution is 0.0946. The number of pyridine rings is 1. The van der Waals surface area contributed by atoms with Crippen LogP contribution in [-0.4, -0.2) is 20.4 Å². The largest absolute Gasteiger partial charge is 0.347 e. The zero-order chi connectivity index (χ0) is 16.1. The molecule has 2 aromatic heterocycles. The molecule has 0 spiro atoms. The third-order valence-electron chi connectivity index (χ3n) is 3.62. The summed E-state index contributed by atoms with van der Waals surface area (Å²) in [7, 11) is 0. The number of carbonyl (C=O) groups is 1. The van der Waals surface area contributed by atoms with Gasteiger partial charge in [-0.3, -0.25) is 9.78 Å². The molecule has 3 aromatic rings. The van der Waals surface area contributed by atoms with E-state index in [0.29, 0.717) is 12.2 Å². The van der Waals surface area contributed by atoms with Gasteiger partial charge in [-0.2, -0.15) is 0 Å². The molecule has 1 N–H and O–H groups in total. The number of aromatic nitrogens is 3. The second-order valence-electron chi connectivity index (χ2n) is 5.32. The highest BCUT2D eigenvalue weighted by Gasteiger charge is 2.06. The van der Waals surface area contributed by atoms with E-state index in [1.807, 2.05) is 25.3 Å². The second kappa shape index (κ2) is 6.87. The molecular weight excluding hydrogens is 288 g/mol. The summed E-state index contributed by atoms with van der Waals surface area (Å²) in [4.78, 5) is 20.3. The van der Waals surface area contributed by atoms with Gasteiger partial charge in [0, 0.05) is 31.7 Å². The Kier molecular flexibility index (Phi) is 4.47. The average Bonchev–Trinajstić information content (AvgIpc) is 2.99. The van der Waals surface area contributed by atoms with Crippen molar-refractivity contribution in [3.8, 4) is 0 Å². The van der Waals surface area contributed by atoms with Crippen molar-refractivity contribution < 1.29 is 4.79 Å². The quantitative estimate of drug-likeness (QED) is 0.788. The summed E-state index contributed by atoms with van der Waals surface area (Å²) >= 11 is 0. The van der Waals surface area contributed by atoms with E-state index in [1.54, 1.807) is 30.6 Å². The van der Waals surface area contributed by atoms with Crippen molar-refractivity contribution in [3.63, 3.8) is 0 Å². The van der Waals surface area contributed by atoms with E-state index in [1.165, 1.54) is 5.56 Å². The fourth-order valence-corrected chi connectivity index (χ4v) is 2.38. The molecule has 3 rings (SSSR count). The SMILES string of the molecule is Cc1nccn1Cc1cccc(CNC(=O)c2ccccn2)c1. The molecule has 5 nitrogen and oxygen atoms in total. The first-order chi connectivity index (χ1) is 11.2. The Bertz CT molecular complexity index is 796. The van der Waals surface area contributed by atoms with E-state index in [0.717, 1.165) is 17.9 Å². The molecule has 1 aromatic carbocycles. The Balaban J connectivity index is 1.64. The smallest absolute Gasteiger partial charge is 0.270 e. The second-order valence-corrected chi connectivity index (χ2v) is 5.32. The van der Waals surface area contributed by atoms with Crippen LogP contribution in [0.1, 0.15) is 27.4 Å². The van der Waals surface area contributed by atoms with Crippen LogP contribution in [0.2, 0.25) is 0 Å². The van der Waals surface area contributed by atoms with E-state index < -0.39 is 0 Å². The summed E-state index contributed by atoms with van der Waals surface area (Å²) in [5.41, 5.74) is 2.66. The topological polar surface area (TPSA) is 59.8 Å². The maximum atomic E-state index is 12.0. The van der Waals surface area contributed by atoms with Gasteiger partial charge in [0.05, 0.1) is 0 Å². The Morgan fingerprint density at radius 1 is 1.09 bits per heavy atom. The van der Waals surface area contributed by atoms with Crippen molar-refractivity contribution in [3.05, 3.63) is 83.7 Å². The van der Waals surface area contributed by atoms with Crippen molar-refractivity contribution in [1.82, 2.24) is 19.9 Å². The zero-order valence-corrected chi connectivity index (χ0v) is 12.9. The lowest BCUT2D eigenvalue weighted by Gasteiger charge is -2.09. The van der Waals surface area contributed by atoms with Crippen molar-refractivity contribution in [2.24, 2.45) is 0 Å². The Hall–Kier alpha value is -2.95. The van der Waals surface area contributed by atoms with E-state index in [2.05, 4.69) is 32.0 Å². The highest BCUT2D eigenvalue weighted by atomic mass is 16.1. The van der Waals surface area contributed by atoms with Crippen LogP contribution in [0.3, 0.4) is 0 Å². The molecule has 116 valence electrons. The maximum absolute atomic E-state index is 12.0. The Morgan fingerprint density at radius 3 is 2.70 bits per heavy atom. The molecule has 0 atom stereocenters. The summed E-state index contributed by atoms with van der Waals surface area (Å²) in [6.45, 7) is 3.23. The molecule has 0 saturated carbocycles. The number of nitrogens with zero attached hydrogens (tertiary/aromatic N) is 3.